The first-order valence-electron chi connectivity index (χ1n) is 8.92. The Morgan fingerprint density at radius 1 is 1.28 bits per heavy atom. The van der Waals surface area contributed by atoms with Gasteiger partial charge in [0, 0.05) is 0 Å². The number of imidazole rings is 1. The first-order chi connectivity index (χ1) is 13.8. The Labute approximate surface area is 165 Å². The van der Waals surface area contributed by atoms with E-state index in [1.807, 2.05) is 0 Å². The Kier molecular flexibility index (Phi) is 6.79. The van der Waals surface area contributed by atoms with E-state index in [9.17, 15) is 19.2 Å². The van der Waals surface area contributed by atoms with E-state index in [1.165, 1.54) is 10.9 Å². The van der Waals surface area contributed by atoms with Crippen molar-refractivity contribution < 1.29 is 37.7 Å². The molecule has 14 heteroatoms. The lowest BCUT2D eigenvalue weighted by Gasteiger charge is -2.19. The molecule has 0 saturated carbocycles. The van der Waals surface area contributed by atoms with E-state index in [0.717, 1.165) is 0 Å². The van der Waals surface area contributed by atoms with Crippen LogP contribution in [0.15, 0.2) is 6.33 Å². The van der Waals surface area contributed by atoms with Crippen LogP contribution >= 0.6 is 7.60 Å². The number of aromatic nitrogens is 4. The van der Waals surface area contributed by atoms with Crippen molar-refractivity contribution >= 4 is 24.6 Å². The highest BCUT2D eigenvalue weighted by Crippen LogP contribution is 2.48. The third kappa shape index (κ3) is 4.56. The number of halogens is 1. The molecule has 0 bridgehead atoms. The SMILES string of the molecule is CCOP(=O)(COC[C@H]1O[C@@H](n2cnc3c(N)nc(F)nc32)[C@@H](O)[C@@H]1O)OCC. The van der Waals surface area contributed by atoms with Gasteiger partial charge in [-0.15, -0.1) is 0 Å². The average Bonchev–Trinajstić information content (AvgIpc) is 3.18. The molecule has 1 fully saturated rings. The molecule has 29 heavy (non-hydrogen) atoms. The van der Waals surface area contributed by atoms with Gasteiger partial charge >= 0.3 is 13.7 Å². The summed E-state index contributed by atoms with van der Waals surface area (Å²) < 4.78 is 48.4. The van der Waals surface area contributed by atoms with E-state index >= 15 is 0 Å². The molecule has 0 aliphatic carbocycles. The number of rotatable bonds is 9. The van der Waals surface area contributed by atoms with E-state index in [2.05, 4.69) is 15.0 Å². The van der Waals surface area contributed by atoms with Crippen LogP contribution in [-0.2, 0) is 23.1 Å². The summed E-state index contributed by atoms with van der Waals surface area (Å²) in [5.41, 5.74) is 5.76. The van der Waals surface area contributed by atoms with Crippen LogP contribution in [0, 0.1) is 6.08 Å². The molecule has 4 N–H and O–H groups in total. The average molecular weight is 435 g/mol. The van der Waals surface area contributed by atoms with Gasteiger partial charge in [0.2, 0.25) is 0 Å². The van der Waals surface area contributed by atoms with Gasteiger partial charge in [0.25, 0.3) is 0 Å². The van der Waals surface area contributed by atoms with E-state index in [0.29, 0.717) is 0 Å². The molecule has 12 nitrogen and oxygen atoms in total. The Morgan fingerprint density at radius 3 is 2.62 bits per heavy atom. The molecule has 0 amide bonds. The molecule has 1 aliphatic heterocycles. The topological polar surface area (TPSA) is 164 Å². The van der Waals surface area contributed by atoms with Gasteiger partial charge in [0.15, 0.2) is 23.2 Å². The lowest BCUT2D eigenvalue weighted by Crippen LogP contribution is -2.34. The van der Waals surface area contributed by atoms with Crippen molar-refractivity contribution in [3.8, 4) is 0 Å². The summed E-state index contributed by atoms with van der Waals surface area (Å²) in [6, 6.07) is 0. The molecule has 3 heterocycles. The van der Waals surface area contributed by atoms with E-state index in [1.54, 1.807) is 13.8 Å². The highest BCUT2D eigenvalue weighted by atomic mass is 31.2. The zero-order chi connectivity index (χ0) is 21.2. The normalized spacial score (nSPS) is 25.1. The standard InChI is InChI=1S/C15H23FN5O7P/c1-3-26-29(24,27-4-2)7-25-5-8-10(22)11(23)14(28-8)21-6-18-9-12(17)19-15(16)20-13(9)21/h6,8,10-11,14,22-23H,3-5,7H2,1-2H3,(H2,17,19,20)/t8-,10-,11+,14-/m1/s1. The first kappa shape index (κ1) is 22.0. The van der Waals surface area contributed by atoms with Crippen molar-refractivity contribution in [3.63, 3.8) is 0 Å². The molecule has 2 aromatic heterocycles. The molecule has 0 unspecified atom stereocenters. The van der Waals surface area contributed by atoms with Crippen molar-refractivity contribution in [1.82, 2.24) is 19.5 Å². The number of nitrogens with zero attached hydrogens (tertiary/aromatic N) is 4. The summed E-state index contributed by atoms with van der Waals surface area (Å²) in [6.07, 6.45) is -4.96. The van der Waals surface area contributed by atoms with Crippen LogP contribution in [0.1, 0.15) is 20.1 Å². The molecule has 4 atom stereocenters. The van der Waals surface area contributed by atoms with Gasteiger partial charge in [0.1, 0.15) is 24.7 Å². The number of ether oxygens (including phenoxy) is 2. The molecule has 1 aliphatic rings. The summed E-state index contributed by atoms with van der Waals surface area (Å²) >= 11 is 0. The number of fused-ring (bicyclic) bond motifs is 1. The van der Waals surface area contributed by atoms with Gasteiger partial charge < -0.3 is 34.5 Å². The first-order valence-corrected chi connectivity index (χ1v) is 10.7. The van der Waals surface area contributed by atoms with Crippen LogP contribution in [-0.4, -0.2) is 74.2 Å². The third-order valence-corrected chi connectivity index (χ3v) is 6.02. The number of aliphatic hydroxyl groups is 2. The van der Waals surface area contributed by atoms with Crippen LogP contribution < -0.4 is 5.73 Å². The Morgan fingerprint density at radius 2 is 1.97 bits per heavy atom. The van der Waals surface area contributed by atoms with Crippen LogP contribution in [0.25, 0.3) is 11.2 Å². The fourth-order valence-electron chi connectivity index (χ4n) is 2.98. The van der Waals surface area contributed by atoms with Crippen molar-refractivity contribution in [3.05, 3.63) is 12.4 Å². The van der Waals surface area contributed by atoms with E-state index in [4.69, 9.17) is 24.3 Å². The quantitative estimate of drug-likeness (QED) is 0.369. The molecular weight excluding hydrogens is 412 g/mol. The maximum Gasteiger partial charge on any atom is 0.356 e. The summed E-state index contributed by atoms with van der Waals surface area (Å²) in [4.78, 5) is 11.0. The maximum atomic E-state index is 13.5. The summed E-state index contributed by atoms with van der Waals surface area (Å²) in [7, 11) is -3.43. The van der Waals surface area contributed by atoms with Gasteiger partial charge in [-0.05, 0) is 13.8 Å². The zero-order valence-corrected chi connectivity index (χ0v) is 16.7. The van der Waals surface area contributed by atoms with Gasteiger partial charge in [0.05, 0.1) is 26.1 Å². The van der Waals surface area contributed by atoms with Gasteiger partial charge in [-0.1, -0.05) is 0 Å². The van der Waals surface area contributed by atoms with Crippen molar-refractivity contribution in [1.29, 1.82) is 0 Å². The Bertz CT molecular complexity index is 889. The molecule has 1 saturated heterocycles. The fourth-order valence-corrected chi connectivity index (χ4v) is 4.32. The number of anilines is 1. The molecule has 0 aromatic carbocycles. The minimum atomic E-state index is -3.43. The molecular formula is C15H23FN5O7P. The second-order valence-corrected chi connectivity index (χ2v) is 8.19. The molecule has 0 spiro atoms. The molecule has 0 radical (unpaired) electrons. The molecule has 2 aromatic rings. The van der Waals surface area contributed by atoms with Crippen LogP contribution in [0.2, 0.25) is 0 Å². The van der Waals surface area contributed by atoms with Gasteiger partial charge in [-0.2, -0.15) is 14.4 Å². The number of nitrogens with two attached hydrogens (primary N) is 1. The number of hydrogen-bond donors (Lipinski definition) is 3. The second kappa shape index (κ2) is 8.96. The molecule has 162 valence electrons. The lowest BCUT2D eigenvalue weighted by molar-refractivity contribution is -0.0618. The van der Waals surface area contributed by atoms with E-state index < -0.39 is 38.2 Å². The largest absolute Gasteiger partial charge is 0.387 e. The number of nitrogen functional groups attached to an aromatic ring is 1. The minimum Gasteiger partial charge on any atom is -0.387 e. The van der Waals surface area contributed by atoms with Crippen molar-refractivity contribution in [2.75, 3.05) is 31.9 Å². The Hall–Kier alpha value is -1.73. The highest BCUT2D eigenvalue weighted by Gasteiger charge is 2.44. The smallest absolute Gasteiger partial charge is 0.356 e. The maximum absolute atomic E-state index is 13.5. The van der Waals surface area contributed by atoms with Crippen LogP contribution in [0.3, 0.4) is 0 Å². The predicted octanol–water partition coefficient (Wildman–Crippen LogP) is 0.407. The zero-order valence-electron chi connectivity index (χ0n) is 15.8. The third-order valence-electron chi connectivity index (χ3n) is 4.22. The van der Waals surface area contributed by atoms with E-state index in [-0.39, 0.29) is 43.2 Å². The summed E-state index contributed by atoms with van der Waals surface area (Å²) in [5.74, 6) is -0.165. The minimum absolute atomic E-state index is 0.00464. The number of hydrogen-bond acceptors (Lipinski definition) is 11. The number of aliphatic hydroxyl groups excluding tert-OH is 2. The van der Waals surface area contributed by atoms with Crippen LogP contribution in [0.5, 0.6) is 0 Å². The summed E-state index contributed by atoms with van der Waals surface area (Å²) in [6.45, 7) is 3.51. The lowest BCUT2D eigenvalue weighted by atomic mass is 10.1. The molecule has 3 rings (SSSR count). The van der Waals surface area contributed by atoms with Crippen molar-refractivity contribution in [2.24, 2.45) is 0 Å². The van der Waals surface area contributed by atoms with Crippen molar-refractivity contribution in [2.45, 2.75) is 38.4 Å². The van der Waals surface area contributed by atoms with Gasteiger partial charge in [-0.25, -0.2) is 4.98 Å². The van der Waals surface area contributed by atoms with Crippen LogP contribution in [0.4, 0.5) is 10.2 Å². The highest BCUT2D eigenvalue weighted by molar-refractivity contribution is 7.53. The predicted molar refractivity (Wildman–Crippen MR) is 97.3 cm³/mol. The summed E-state index contributed by atoms with van der Waals surface area (Å²) in [5, 5.41) is 20.7. The monoisotopic (exact) mass is 435 g/mol. The van der Waals surface area contributed by atoms with Gasteiger partial charge in [-0.3, -0.25) is 9.13 Å². The second-order valence-electron chi connectivity index (χ2n) is 6.19. The Balaban J connectivity index is 1.70. The fraction of sp³-hybridized carbons (Fsp3) is 0.667.